The van der Waals surface area contributed by atoms with Crippen molar-refractivity contribution >= 4 is 11.5 Å². The zero-order valence-corrected chi connectivity index (χ0v) is 13.4. The van der Waals surface area contributed by atoms with E-state index in [-0.39, 0.29) is 0 Å². The lowest BCUT2D eigenvalue weighted by Crippen LogP contribution is -2.25. The van der Waals surface area contributed by atoms with Crippen molar-refractivity contribution in [3.8, 4) is 0 Å². The molecule has 1 aliphatic rings. The molecule has 3 heterocycles. The number of nitrogens with one attached hydrogen (secondary N) is 1. The topological polar surface area (TPSA) is 32.6 Å². The standard InChI is InChI=1S/C17H26N4/c1-4-9-18-12-14-16(20-11-8-17(2,3)13-20)19-15-7-5-6-10-21(14)15/h5-7,10,18H,4,8-9,11-13H2,1-3H3. The van der Waals surface area contributed by atoms with Crippen LogP contribution in [0.2, 0.25) is 0 Å². The lowest BCUT2D eigenvalue weighted by molar-refractivity contribution is 0.418. The fraction of sp³-hybridized carbons (Fsp3) is 0.588. The molecule has 21 heavy (non-hydrogen) atoms. The van der Waals surface area contributed by atoms with Crippen molar-refractivity contribution in [1.29, 1.82) is 0 Å². The Morgan fingerprint density at radius 2 is 2.19 bits per heavy atom. The molecule has 0 radical (unpaired) electrons. The van der Waals surface area contributed by atoms with Crippen molar-refractivity contribution in [3.63, 3.8) is 0 Å². The monoisotopic (exact) mass is 286 g/mol. The second kappa shape index (κ2) is 5.68. The van der Waals surface area contributed by atoms with Gasteiger partial charge in [0.1, 0.15) is 5.65 Å². The van der Waals surface area contributed by atoms with Crippen LogP contribution in [0.15, 0.2) is 24.4 Å². The van der Waals surface area contributed by atoms with Crippen LogP contribution in [0.5, 0.6) is 0 Å². The molecule has 0 bridgehead atoms. The summed E-state index contributed by atoms with van der Waals surface area (Å²) >= 11 is 0. The molecule has 1 N–H and O–H groups in total. The minimum absolute atomic E-state index is 0.393. The van der Waals surface area contributed by atoms with Crippen LogP contribution < -0.4 is 10.2 Å². The van der Waals surface area contributed by atoms with Gasteiger partial charge in [-0.05, 0) is 36.9 Å². The maximum absolute atomic E-state index is 4.89. The van der Waals surface area contributed by atoms with Gasteiger partial charge in [0.2, 0.25) is 0 Å². The Balaban J connectivity index is 1.94. The zero-order chi connectivity index (χ0) is 14.9. The van der Waals surface area contributed by atoms with Crippen LogP contribution in [0.1, 0.15) is 39.3 Å². The van der Waals surface area contributed by atoms with Crippen molar-refractivity contribution < 1.29 is 0 Å². The van der Waals surface area contributed by atoms with E-state index in [0.717, 1.165) is 44.1 Å². The minimum Gasteiger partial charge on any atom is -0.354 e. The second-order valence-electron chi connectivity index (χ2n) is 6.82. The zero-order valence-electron chi connectivity index (χ0n) is 13.4. The van der Waals surface area contributed by atoms with Gasteiger partial charge in [-0.2, -0.15) is 0 Å². The van der Waals surface area contributed by atoms with Crippen molar-refractivity contribution in [2.45, 2.75) is 40.2 Å². The highest BCUT2D eigenvalue weighted by Gasteiger charge is 2.32. The number of hydrogen-bond acceptors (Lipinski definition) is 3. The van der Waals surface area contributed by atoms with Gasteiger partial charge in [0, 0.05) is 25.8 Å². The average molecular weight is 286 g/mol. The Kier molecular flexibility index (Phi) is 3.89. The van der Waals surface area contributed by atoms with Crippen molar-refractivity contribution in [1.82, 2.24) is 14.7 Å². The molecule has 0 atom stereocenters. The molecule has 2 aromatic rings. The van der Waals surface area contributed by atoms with Gasteiger partial charge in [0.05, 0.1) is 5.69 Å². The van der Waals surface area contributed by atoms with Crippen LogP contribution in [0.3, 0.4) is 0 Å². The summed E-state index contributed by atoms with van der Waals surface area (Å²) in [5.41, 5.74) is 2.73. The summed E-state index contributed by atoms with van der Waals surface area (Å²) in [5, 5.41) is 3.53. The maximum atomic E-state index is 4.89. The quantitative estimate of drug-likeness (QED) is 0.857. The molecule has 0 spiro atoms. The van der Waals surface area contributed by atoms with E-state index in [1.807, 2.05) is 0 Å². The van der Waals surface area contributed by atoms with Gasteiger partial charge in [0.15, 0.2) is 5.82 Å². The maximum Gasteiger partial charge on any atom is 0.152 e. The summed E-state index contributed by atoms with van der Waals surface area (Å²) in [7, 11) is 0. The first-order valence-electron chi connectivity index (χ1n) is 8.02. The molecule has 1 saturated heterocycles. The Labute approximate surface area is 127 Å². The molecule has 2 aromatic heterocycles. The fourth-order valence-corrected chi connectivity index (χ4v) is 3.13. The van der Waals surface area contributed by atoms with Gasteiger partial charge in [-0.15, -0.1) is 0 Å². The largest absolute Gasteiger partial charge is 0.354 e. The van der Waals surface area contributed by atoms with Crippen LogP contribution in [0, 0.1) is 5.41 Å². The number of imidazole rings is 1. The number of nitrogens with zero attached hydrogens (tertiary/aromatic N) is 3. The van der Waals surface area contributed by atoms with Crippen LogP contribution in [-0.2, 0) is 6.54 Å². The van der Waals surface area contributed by atoms with E-state index in [0.29, 0.717) is 5.41 Å². The molecular weight excluding hydrogens is 260 g/mol. The van der Waals surface area contributed by atoms with E-state index in [9.17, 15) is 0 Å². The predicted molar refractivity (Wildman–Crippen MR) is 87.8 cm³/mol. The Hall–Kier alpha value is -1.55. The molecule has 0 aliphatic carbocycles. The van der Waals surface area contributed by atoms with Crippen LogP contribution in [0.25, 0.3) is 5.65 Å². The van der Waals surface area contributed by atoms with Crippen molar-refractivity contribution in [3.05, 3.63) is 30.1 Å². The molecule has 0 saturated carbocycles. The molecule has 0 amide bonds. The highest BCUT2D eigenvalue weighted by Crippen LogP contribution is 2.33. The highest BCUT2D eigenvalue weighted by molar-refractivity contribution is 5.56. The lowest BCUT2D eigenvalue weighted by Gasteiger charge is -2.21. The third-order valence-electron chi connectivity index (χ3n) is 4.30. The SMILES string of the molecule is CCCNCc1c(N2CCC(C)(C)C2)nc2ccccn12. The van der Waals surface area contributed by atoms with Crippen LogP contribution in [0.4, 0.5) is 5.82 Å². The fourth-order valence-electron chi connectivity index (χ4n) is 3.13. The molecule has 4 nitrogen and oxygen atoms in total. The number of aromatic nitrogens is 2. The Morgan fingerprint density at radius 1 is 1.33 bits per heavy atom. The first-order chi connectivity index (χ1) is 10.1. The summed E-state index contributed by atoms with van der Waals surface area (Å²) in [6.45, 7) is 11.0. The third-order valence-corrected chi connectivity index (χ3v) is 4.30. The van der Waals surface area contributed by atoms with Crippen LogP contribution >= 0.6 is 0 Å². The number of fused-ring (bicyclic) bond motifs is 1. The summed E-state index contributed by atoms with van der Waals surface area (Å²) in [4.78, 5) is 7.34. The van der Waals surface area contributed by atoms with Gasteiger partial charge < -0.3 is 14.6 Å². The molecular formula is C17H26N4. The lowest BCUT2D eigenvalue weighted by atomic mass is 9.93. The molecule has 3 rings (SSSR count). The summed E-state index contributed by atoms with van der Waals surface area (Å²) in [6, 6.07) is 6.23. The van der Waals surface area contributed by atoms with E-state index < -0.39 is 0 Å². The minimum atomic E-state index is 0.393. The number of hydrogen-bond donors (Lipinski definition) is 1. The Morgan fingerprint density at radius 3 is 2.90 bits per heavy atom. The van der Waals surface area contributed by atoms with Crippen LogP contribution in [-0.4, -0.2) is 29.0 Å². The third kappa shape index (κ3) is 2.91. The van der Waals surface area contributed by atoms with Gasteiger partial charge in [-0.25, -0.2) is 4.98 Å². The number of rotatable bonds is 5. The number of anilines is 1. The molecule has 0 aromatic carbocycles. The van der Waals surface area contributed by atoms with E-state index in [2.05, 4.69) is 59.8 Å². The summed E-state index contributed by atoms with van der Waals surface area (Å²) in [6.07, 6.45) is 4.52. The molecule has 0 unspecified atom stereocenters. The summed E-state index contributed by atoms with van der Waals surface area (Å²) < 4.78 is 2.23. The molecule has 114 valence electrons. The normalized spacial score (nSPS) is 17.8. The van der Waals surface area contributed by atoms with Gasteiger partial charge in [0.25, 0.3) is 0 Å². The summed E-state index contributed by atoms with van der Waals surface area (Å²) in [5.74, 6) is 1.16. The molecule has 4 heteroatoms. The van der Waals surface area contributed by atoms with Gasteiger partial charge >= 0.3 is 0 Å². The molecule has 1 aliphatic heterocycles. The molecule has 1 fully saturated rings. The van der Waals surface area contributed by atoms with E-state index in [4.69, 9.17) is 4.98 Å². The van der Waals surface area contributed by atoms with Gasteiger partial charge in [-0.1, -0.05) is 26.8 Å². The van der Waals surface area contributed by atoms with E-state index in [1.165, 1.54) is 12.1 Å². The van der Waals surface area contributed by atoms with Crippen molar-refractivity contribution in [2.24, 2.45) is 5.41 Å². The predicted octanol–water partition coefficient (Wildman–Crippen LogP) is 3.07. The van der Waals surface area contributed by atoms with E-state index in [1.54, 1.807) is 0 Å². The van der Waals surface area contributed by atoms with E-state index >= 15 is 0 Å². The Bertz CT molecular complexity index is 614. The smallest absolute Gasteiger partial charge is 0.152 e. The highest BCUT2D eigenvalue weighted by atomic mass is 15.3. The first kappa shape index (κ1) is 14.4. The van der Waals surface area contributed by atoms with Crippen molar-refractivity contribution in [2.75, 3.05) is 24.5 Å². The first-order valence-corrected chi connectivity index (χ1v) is 8.02. The van der Waals surface area contributed by atoms with Gasteiger partial charge in [-0.3, -0.25) is 0 Å². The number of pyridine rings is 1. The second-order valence-corrected chi connectivity index (χ2v) is 6.82. The average Bonchev–Trinajstić information content (AvgIpc) is 3.00.